The van der Waals surface area contributed by atoms with Crippen LogP contribution >= 0.6 is 0 Å². The predicted octanol–water partition coefficient (Wildman–Crippen LogP) is 2.22. The molecule has 1 aliphatic rings. The molecule has 3 aromatic heterocycles. The van der Waals surface area contributed by atoms with Crippen molar-refractivity contribution in [2.24, 2.45) is 7.05 Å². The summed E-state index contributed by atoms with van der Waals surface area (Å²) in [5.74, 6) is 0.345. The average molecular weight is 454 g/mol. The molecule has 0 aliphatic carbocycles. The van der Waals surface area contributed by atoms with E-state index in [0.29, 0.717) is 30.1 Å². The van der Waals surface area contributed by atoms with Gasteiger partial charge in [-0.1, -0.05) is 12.1 Å². The van der Waals surface area contributed by atoms with Crippen molar-refractivity contribution in [3.8, 4) is 17.1 Å². The summed E-state index contributed by atoms with van der Waals surface area (Å²) < 4.78 is 38.9. The molecule has 0 bridgehead atoms. The van der Waals surface area contributed by atoms with Gasteiger partial charge in [0, 0.05) is 49.8 Å². The number of ether oxygens (including phenoxy) is 2. The van der Waals surface area contributed by atoms with E-state index in [1.165, 1.54) is 10.6 Å². The molecule has 0 radical (unpaired) electrons. The summed E-state index contributed by atoms with van der Waals surface area (Å²) in [5.41, 5.74) is 3.98. The first kappa shape index (κ1) is 20.8. The second-order valence-electron chi connectivity index (χ2n) is 7.86. The van der Waals surface area contributed by atoms with Gasteiger partial charge in [0.25, 0.3) is 0 Å². The number of pyridine rings is 1. The highest BCUT2D eigenvalue weighted by Gasteiger charge is 2.27. The van der Waals surface area contributed by atoms with E-state index in [4.69, 9.17) is 14.5 Å². The topological polar surface area (TPSA) is 99.4 Å². The van der Waals surface area contributed by atoms with Gasteiger partial charge in [0.05, 0.1) is 24.1 Å². The van der Waals surface area contributed by atoms with Crippen molar-refractivity contribution in [2.75, 3.05) is 32.6 Å². The van der Waals surface area contributed by atoms with Crippen molar-refractivity contribution in [1.82, 2.24) is 23.8 Å². The minimum Gasteiger partial charge on any atom is -0.473 e. The van der Waals surface area contributed by atoms with Gasteiger partial charge in [-0.3, -0.25) is 4.98 Å². The Balaban J connectivity index is 1.46. The molecule has 0 N–H and O–H groups in total. The largest absolute Gasteiger partial charge is 0.473 e. The molecule has 1 fully saturated rings. The number of hydrogen-bond acceptors (Lipinski definition) is 7. The minimum atomic E-state index is -3.28. The fraction of sp³-hybridized carbons (Fsp3) is 0.318. The molecule has 1 aromatic carbocycles. The summed E-state index contributed by atoms with van der Waals surface area (Å²) in [5, 5.41) is 1.15. The van der Waals surface area contributed by atoms with Crippen molar-refractivity contribution in [1.29, 1.82) is 0 Å². The molecule has 0 spiro atoms. The van der Waals surface area contributed by atoms with E-state index in [2.05, 4.69) is 32.7 Å². The summed E-state index contributed by atoms with van der Waals surface area (Å²) in [6, 6.07) is 10.1. The molecular weight excluding hydrogens is 430 g/mol. The van der Waals surface area contributed by atoms with Crippen LogP contribution in [0, 0.1) is 0 Å². The first-order valence-electron chi connectivity index (χ1n) is 10.3. The van der Waals surface area contributed by atoms with Crippen LogP contribution in [-0.4, -0.2) is 70.9 Å². The maximum atomic E-state index is 11.9. The van der Waals surface area contributed by atoms with Crippen LogP contribution in [0.1, 0.15) is 0 Å². The third kappa shape index (κ3) is 4.04. The Bertz CT molecular complexity index is 1400. The Morgan fingerprint density at radius 2 is 2.03 bits per heavy atom. The fourth-order valence-electron chi connectivity index (χ4n) is 3.88. The zero-order valence-corrected chi connectivity index (χ0v) is 18.6. The number of aryl methyl sites for hydroxylation is 1. The Labute approximate surface area is 185 Å². The van der Waals surface area contributed by atoms with Gasteiger partial charge in [0.2, 0.25) is 15.9 Å². The van der Waals surface area contributed by atoms with E-state index in [0.717, 1.165) is 22.2 Å². The van der Waals surface area contributed by atoms with Gasteiger partial charge in [0.1, 0.15) is 12.7 Å². The van der Waals surface area contributed by atoms with E-state index in [9.17, 15) is 8.42 Å². The average Bonchev–Trinajstić information content (AvgIpc) is 3.17. The smallest absolute Gasteiger partial charge is 0.242 e. The highest BCUT2D eigenvalue weighted by atomic mass is 32.2. The maximum absolute atomic E-state index is 11.9. The monoisotopic (exact) mass is 453 g/mol. The molecular formula is C22H23N5O4S. The second kappa shape index (κ2) is 8.12. The molecule has 9 nitrogen and oxygen atoms in total. The van der Waals surface area contributed by atoms with Crippen LogP contribution in [0.4, 0.5) is 0 Å². The number of hydrogen-bond donors (Lipinski definition) is 0. The van der Waals surface area contributed by atoms with Crippen molar-refractivity contribution in [3.63, 3.8) is 0 Å². The highest BCUT2D eigenvalue weighted by molar-refractivity contribution is 7.88. The Hall–Kier alpha value is -3.08. The number of nitrogens with zero attached hydrogens (tertiary/aromatic N) is 5. The molecule has 10 heteroatoms. The van der Waals surface area contributed by atoms with E-state index in [-0.39, 0.29) is 13.2 Å². The summed E-state index contributed by atoms with van der Waals surface area (Å²) >= 11 is 0. The van der Waals surface area contributed by atoms with Crippen molar-refractivity contribution in [2.45, 2.75) is 6.10 Å². The van der Waals surface area contributed by atoms with Crippen LogP contribution in [0.5, 0.6) is 5.88 Å². The SMILES string of the molecule is Cn1ccc2ccc(-c3cc4nccnc4c(OC[C@@H]4CN(S(C)(=O)=O)CCO4)n3)cc21. The van der Waals surface area contributed by atoms with E-state index < -0.39 is 16.1 Å². The lowest BCUT2D eigenvalue weighted by molar-refractivity contribution is -0.0252. The molecule has 5 rings (SSSR count). The number of rotatable bonds is 5. The standard InChI is InChI=1S/C22H23N5O4S/c1-26-8-5-15-3-4-16(11-20(15)26)18-12-19-21(24-7-6-23-19)22(25-18)31-14-17-13-27(9-10-30-17)32(2,28)29/h3-8,11-12,17H,9-10,13-14H2,1-2H3/t17-/m0/s1. The van der Waals surface area contributed by atoms with Gasteiger partial charge in [-0.15, -0.1) is 0 Å². The third-order valence-corrected chi connectivity index (χ3v) is 6.85. The summed E-state index contributed by atoms with van der Waals surface area (Å²) in [6.07, 6.45) is 6.05. The number of aromatic nitrogens is 4. The fourth-order valence-corrected chi connectivity index (χ4v) is 4.72. The van der Waals surface area contributed by atoms with Gasteiger partial charge < -0.3 is 14.0 Å². The zero-order chi connectivity index (χ0) is 22.3. The van der Waals surface area contributed by atoms with E-state index in [1.54, 1.807) is 12.4 Å². The Kier molecular flexibility index (Phi) is 5.28. The van der Waals surface area contributed by atoms with Gasteiger partial charge >= 0.3 is 0 Å². The normalized spacial score (nSPS) is 17.8. The predicted molar refractivity (Wildman–Crippen MR) is 121 cm³/mol. The number of morpholine rings is 1. The van der Waals surface area contributed by atoms with Crippen LogP contribution in [-0.2, 0) is 21.8 Å². The highest BCUT2D eigenvalue weighted by Crippen LogP contribution is 2.29. The maximum Gasteiger partial charge on any atom is 0.242 e. The number of benzene rings is 1. The van der Waals surface area contributed by atoms with Gasteiger partial charge in [-0.25, -0.2) is 18.4 Å². The Morgan fingerprint density at radius 1 is 1.19 bits per heavy atom. The van der Waals surface area contributed by atoms with Crippen molar-refractivity contribution >= 4 is 32.0 Å². The summed E-state index contributed by atoms with van der Waals surface area (Å²) in [6.45, 7) is 1.07. The van der Waals surface area contributed by atoms with Gasteiger partial charge in [0.15, 0.2) is 5.52 Å². The van der Waals surface area contributed by atoms with Crippen LogP contribution in [0.2, 0.25) is 0 Å². The quantitative estimate of drug-likeness (QED) is 0.457. The zero-order valence-electron chi connectivity index (χ0n) is 17.8. The van der Waals surface area contributed by atoms with Crippen LogP contribution in [0.3, 0.4) is 0 Å². The molecule has 4 heterocycles. The molecule has 0 saturated carbocycles. The molecule has 0 unspecified atom stereocenters. The van der Waals surface area contributed by atoms with Crippen LogP contribution in [0.25, 0.3) is 33.2 Å². The number of sulfonamides is 1. The third-order valence-electron chi connectivity index (χ3n) is 5.58. The lowest BCUT2D eigenvalue weighted by Gasteiger charge is -2.30. The molecule has 1 atom stereocenters. The van der Waals surface area contributed by atoms with E-state index in [1.807, 2.05) is 25.4 Å². The van der Waals surface area contributed by atoms with Crippen LogP contribution < -0.4 is 4.74 Å². The molecule has 32 heavy (non-hydrogen) atoms. The van der Waals surface area contributed by atoms with E-state index >= 15 is 0 Å². The number of fused-ring (bicyclic) bond motifs is 2. The molecule has 4 aromatic rings. The van der Waals surface area contributed by atoms with Crippen LogP contribution in [0.15, 0.2) is 48.9 Å². The molecule has 1 aliphatic heterocycles. The molecule has 0 amide bonds. The first-order valence-corrected chi connectivity index (χ1v) is 12.1. The van der Waals surface area contributed by atoms with Crippen molar-refractivity contribution < 1.29 is 17.9 Å². The lowest BCUT2D eigenvalue weighted by atomic mass is 10.1. The Morgan fingerprint density at radius 3 is 2.88 bits per heavy atom. The minimum absolute atomic E-state index is 0.158. The second-order valence-corrected chi connectivity index (χ2v) is 9.84. The summed E-state index contributed by atoms with van der Waals surface area (Å²) in [7, 11) is -1.27. The van der Waals surface area contributed by atoms with Gasteiger partial charge in [-0.2, -0.15) is 4.31 Å². The molecule has 1 saturated heterocycles. The van der Waals surface area contributed by atoms with Crippen molar-refractivity contribution in [3.05, 3.63) is 48.9 Å². The van der Waals surface area contributed by atoms with Gasteiger partial charge in [-0.05, 0) is 23.6 Å². The molecule has 166 valence electrons. The summed E-state index contributed by atoms with van der Waals surface area (Å²) in [4.78, 5) is 13.5. The lowest BCUT2D eigenvalue weighted by Crippen LogP contribution is -2.47. The first-order chi connectivity index (χ1) is 15.4.